The quantitative estimate of drug-likeness (QED) is 0.224. The van der Waals surface area contributed by atoms with Gasteiger partial charge in [0.05, 0.1) is 5.52 Å². The standard InChI is InChI=1S/C38H28N4/c1-38(2)32-20-12-11-19-30(32)28-17-9-10-18-29(28)31-24-34-27(23-33(31)38)21-22-42(34)37-40-35(25-13-5-3-6-14-25)39-36(41-37)26-15-7-4-8-16-26/h3-24H,1-2H3. The Labute approximate surface area is 245 Å². The van der Waals surface area contributed by atoms with E-state index in [1.165, 1.54) is 33.4 Å². The van der Waals surface area contributed by atoms with Crippen molar-refractivity contribution in [1.82, 2.24) is 19.5 Å². The van der Waals surface area contributed by atoms with Gasteiger partial charge >= 0.3 is 0 Å². The first kappa shape index (κ1) is 24.4. The van der Waals surface area contributed by atoms with Crippen molar-refractivity contribution in [2.24, 2.45) is 0 Å². The molecule has 0 radical (unpaired) electrons. The molecule has 4 nitrogen and oxygen atoms in total. The van der Waals surface area contributed by atoms with Gasteiger partial charge in [-0.15, -0.1) is 0 Å². The van der Waals surface area contributed by atoms with Gasteiger partial charge in [-0.05, 0) is 51.6 Å². The number of nitrogens with zero attached hydrogens (tertiary/aromatic N) is 4. The van der Waals surface area contributed by atoms with Crippen molar-refractivity contribution in [2.75, 3.05) is 0 Å². The van der Waals surface area contributed by atoms with E-state index in [9.17, 15) is 0 Å². The zero-order valence-corrected chi connectivity index (χ0v) is 23.5. The molecule has 1 aliphatic rings. The Balaban J connectivity index is 1.39. The van der Waals surface area contributed by atoms with Crippen LogP contribution in [0.15, 0.2) is 134 Å². The number of hydrogen-bond donors (Lipinski definition) is 0. The van der Waals surface area contributed by atoms with Crippen molar-refractivity contribution in [3.63, 3.8) is 0 Å². The molecule has 0 fully saturated rings. The van der Waals surface area contributed by atoms with Crippen LogP contribution in [0.5, 0.6) is 0 Å². The molecule has 8 rings (SSSR count). The Morgan fingerprint density at radius 1 is 0.500 bits per heavy atom. The predicted octanol–water partition coefficient (Wildman–Crippen LogP) is 9.12. The summed E-state index contributed by atoms with van der Waals surface area (Å²) < 4.78 is 2.10. The fourth-order valence-corrected chi connectivity index (χ4v) is 6.36. The molecule has 2 heterocycles. The van der Waals surface area contributed by atoms with E-state index >= 15 is 0 Å². The summed E-state index contributed by atoms with van der Waals surface area (Å²) in [5.41, 5.74) is 10.5. The summed E-state index contributed by atoms with van der Waals surface area (Å²) >= 11 is 0. The first-order valence-electron chi connectivity index (χ1n) is 14.3. The Hall–Kier alpha value is -5.35. The Bertz CT molecular complexity index is 2050. The van der Waals surface area contributed by atoms with E-state index in [1.807, 2.05) is 60.7 Å². The fourth-order valence-electron chi connectivity index (χ4n) is 6.36. The van der Waals surface area contributed by atoms with E-state index in [4.69, 9.17) is 15.0 Å². The molecule has 0 spiro atoms. The summed E-state index contributed by atoms with van der Waals surface area (Å²) in [5, 5.41) is 1.15. The van der Waals surface area contributed by atoms with Gasteiger partial charge in [-0.25, -0.2) is 4.98 Å². The van der Waals surface area contributed by atoms with Crippen LogP contribution in [0.25, 0.3) is 61.9 Å². The highest BCUT2D eigenvalue weighted by Crippen LogP contribution is 2.49. The second-order valence-corrected chi connectivity index (χ2v) is 11.4. The summed E-state index contributed by atoms with van der Waals surface area (Å²) in [4.78, 5) is 14.9. The van der Waals surface area contributed by atoms with Crippen molar-refractivity contribution < 1.29 is 0 Å². The van der Waals surface area contributed by atoms with Crippen LogP contribution in [0.4, 0.5) is 0 Å². The van der Waals surface area contributed by atoms with E-state index < -0.39 is 0 Å². The van der Waals surface area contributed by atoms with Crippen LogP contribution >= 0.6 is 0 Å². The van der Waals surface area contributed by atoms with Crippen LogP contribution in [0.2, 0.25) is 0 Å². The molecule has 0 aliphatic heterocycles. The van der Waals surface area contributed by atoms with E-state index in [0.717, 1.165) is 22.0 Å². The topological polar surface area (TPSA) is 43.6 Å². The smallest absolute Gasteiger partial charge is 0.238 e. The SMILES string of the molecule is CC1(C)c2ccccc2-c2ccccc2-c2cc3c(ccn3-c3nc(-c4ccccc4)nc(-c4ccccc4)n3)cc21. The van der Waals surface area contributed by atoms with Crippen molar-refractivity contribution in [3.8, 4) is 51.0 Å². The van der Waals surface area contributed by atoms with Gasteiger partial charge in [0.15, 0.2) is 11.6 Å². The normalized spacial score (nSPS) is 13.2. The highest BCUT2D eigenvalue weighted by atomic mass is 15.2. The molecule has 1 aliphatic carbocycles. The molecule has 0 saturated heterocycles. The van der Waals surface area contributed by atoms with Crippen LogP contribution in [-0.2, 0) is 5.41 Å². The van der Waals surface area contributed by atoms with Gasteiger partial charge in [-0.2, -0.15) is 9.97 Å². The predicted molar refractivity (Wildman–Crippen MR) is 171 cm³/mol. The fraction of sp³-hybridized carbons (Fsp3) is 0.0789. The third-order valence-corrected chi connectivity index (χ3v) is 8.51. The maximum absolute atomic E-state index is 5.00. The van der Waals surface area contributed by atoms with Gasteiger partial charge < -0.3 is 0 Å². The molecule has 0 atom stereocenters. The van der Waals surface area contributed by atoms with E-state index in [-0.39, 0.29) is 5.41 Å². The van der Waals surface area contributed by atoms with Gasteiger partial charge in [-0.3, -0.25) is 4.57 Å². The van der Waals surface area contributed by atoms with Crippen molar-refractivity contribution in [1.29, 1.82) is 0 Å². The second-order valence-electron chi connectivity index (χ2n) is 11.4. The molecular formula is C38H28N4. The van der Waals surface area contributed by atoms with Gasteiger partial charge in [0.1, 0.15) is 0 Å². The third kappa shape index (κ3) is 3.80. The van der Waals surface area contributed by atoms with Crippen LogP contribution in [-0.4, -0.2) is 19.5 Å². The lowest BCUT2D eigenvalue weighted by molar-refractivity contribution is 0.647. The maximum Gasteiger partial charge on any atom is 0.238 e. The molecule has 7 aromatic rings. The lowest BCUT2D eigenvalue weighted by atomic mass is 9.75. The summed E-state index contributed by atoms with van der Waals surface area (Å²) in [6, 6.07) is 44.7. The number of fused-ring (bicyclic) bond motifs is 6. The van der Waals surface area contributed by atoms with Crippen molar-refractivity contribution in [2.45, 2.75) is 19.3 Å². The van der Waals surface area contributed by atoms with Crippen LogP contribution in [0.3, 0.4) is 0 Å². The number of benzene rings is 5. The Morgan fingerprint density at radius 3 is 1.69 bits per heavy atom. The zero-order valence-electron chi connectivity index (χ0n) is 23.5. The number of rotatable bonds is 3. The summed E-state index contributed by atoms with van der Waals surface area (Å²) in [6.45, 7) is 4.67. The maximum atomic E-state index is 5.00. The number of aromatic nitrogens is 4. The van der Waals surface area contributed by atoms with E-state index in [0.29, 0.717) is 17.6 Å². The summed E-state index contributed by atoms with van der Waals surface area (Å²) in [7, 11) is 0. The minimum absolute atomic E-state index is 0.185. The van der Waals surface area contributed by atoms with Gasteiger partial charge in [0.2, 0.25) is 5.95 Å². The van der Waals surface area contributed by atoms with E-state index in [2.05, 4.69) is 91.3 Å². The Kier molecular flexibility index (Phi) is 5.44. The molecule has 42 heavy (non-hydrogen) atoms. The molecule has 4 heteroatoms. The molecule has 2 aromatic heterocycles. The molecule has 0 N–H and O–H groups in total. The average Bonchev–Trinajstić information content (AvgIpc) is 3.45. The van der Waals surface area contributed by atoms with Crippen LogP contribution in [0, 0.1) is 0 Å². The molecule has 5 aromatic carbocycles. The first-order chi connectivity index (χ1) is 20.6. The van der Waals surface area contributed by atoms with Crippen molar-refractivity contribution >= 4 is 10.9 Å². The molecule has 0 unspecified atom stereocenters. The Morgan fingerprint density at radius 2 is 1.05 bits per heavy atom. The van der Waals surface area contributed by atoms with E-state index in [1.54, 1.807) is 0 Å². The number of hydrogen-bond acceptors (Lipinski definition) is 3. The van der Waals surface area contributed by atoms with Crippen LogP contribution < -0.4 is 0 Å². The molecule has 200 valence electrons. The first-order valence-corrected chi connectivity index (χ1v) is 14.3. The lowest BCUT2D eigenvalue weighted by Gasteiger charge is -2.28. The molecule has 0 saturated carbocycles. The van der Waals surface area contributed by atoms with Crippen molar-refractivity contribution in [3.05, 3.63) is 145 Å². The molecular weight excluding hydrogens is 512 g/mol. The largest absolute Gasteiger partial charge is 0.285 e. The molecule has 0 amide bonds. The molecule has 0 bridgehead atoms. The zero-order chi connectivity index (χ0) is 28.3. The third-order valence-electron chi connectivity index (χ3n) is 8.51. The minimum Gasteiger partial charge on any atom is -0.285 e. The highest BCUT2D eigenvalue weighted by molar-refractivity contribution is 5.96. The second kappa shape index (κ2) is 9.35. The lowest BCUT2D eigenvalue weighted by Crippen LogP contribution is -2.19. The monoisotopic (exact) mass is 540 g/mol. The minimum atomic E-state index is -0.185. The average molecular weight is 541 g/mol. The van der Waals surface area contributed by atoms with Gasteiger partial charge in [0, 0.05) is 28.1 Å². The highest BCUT2D eigenvalue weighted by Gasteiger charge is 2.33. The van der Waals surface area contributed by atoms with Gasteiger partial charge in [0.25, 0.3) is 0 Å². The summed E-state index contributed by atoms with van der Waals surface area (Å²) in [6.07, 6.45) is 2.08. The van der Waals surface area contributed by atoms with Crippen LogP contribution in [0.1, 0.15) is 25.0 Å². The van der Waals surface area contributed by atoms with Gasteiger partial charge in [-0.1, -0.05) is 123 Å². The summed E-state index contributed by atoms with van der Waals surface area (Å²) in [5.74, 6) is 1.90.